The fourth-order valence-corrected chi connectivity index (χ4v) is 3.32. The van der Waals surface area contributed by atoms with Crippen LogP contribution in [0.25, 0.3) is 0 Å². The zero-order valence-corrected chi connectivity index (χ0v) is 18.3. The minimum atomic E-state index is -1.05. The molecule has 0 spiro atoms. The van der Waals surface area contributed by atoms with Crippen molar-refractivity contribution in [2.45, 2.75) is 33.4 Å². The van der Waals surface area contributed by atoms with Gasteiger partial charge in [0.2, 0.25) is 0 Å². The second-order valence-corrected chi connectivity index (χ2v) is 7.68. The van der Waals surface area contributed by atoms with Crippen molar-refractivity contribution >= 4 is 40.8 Å². The molecule has 0 fully saturated rings. The Kier molecular flexibility index (Phi) is 6.80. The van der Waals surface area contributed by atoms with Crippen LogP contribution in [0.4, 0.5) is 5.69 Å². The monoisotopic (exact) mass is 445 g/mol. The van der Waals surface area contributed by atoms with Gasteiger partial charge < -0.3 is 10.1 Å². The number of nitrogens with zero attached hydrogens (tertiary/aromatic N) is 2. The number of carbonyl (C=O) groups is 2. The van der Waals surface area contributed by atoms with Crippen LogP contribution < -0.4 is 5.32 Å². The number of amides is 1. The van der Waals surface area contributed by atoms with Crippen molar-refractivity contribution in [3.63, 3.8) is 0 Å². The molecule has 0 saturated carbocycles. The van der Waals surface area contributed by atoms with E-state index in [1.165, 1.54) is 11.6 Å². The zero-order valence-electron chi connectivity index (χ0n) is 16.8. The minimum Gasteiger partial charge on any atom is -0.449 e. The number of anilines is 1. The summed E-state index contributed by atoms with van der Waals surface area (Å²) in [5.74, 6) is -1.22. The van der Waals surface area contributed by atoms with Crippen LogP contribution in [0.5, 0.6) is 0 Å². The van der Waals surface area contributed by atoms with Gasteiger partial charge in [-0.05, 0) is 38.5 Å². The van der Waals surface area contributed by atoms with E-state index in [1.54, 1.807) is 31.2 Å². The van der Waals surface area contributed by atoms with Crippen molar-refractivity contribution in [1.82, 2.24) is 9.78 Å². The van der Waals surface area contributed by atoms with E-state index in [0.717, 1.165) is 11.1 Å². The maximum Gasteiger partial charge on any atom is 0.343 e. The van der Waals surface area contributed by atoms with Crippen molar-refractivity contribution < 1.29 is 14.3 Å². The third-order valence-electron chi connectivity index (χ3n) is 4.51. The Balaban J connectivity index is 1.70. The van der Waals surface area contributed by atoms with Crippen LogP contribution >= 0.6 is 23.2 Å². The molecular formula is C22H21Cl2N3O3. The highest BCUT2D eigenvalue weighted by atomic mass is 35.5. The van der Waals surface area contributed by atoms with Gasteiger partial charge >= 0.3 is 5.97 Å². The van der Waals surface area contributed by atoms with Gasteiger partial charge in [0, 0.05) is 0 Å². The normalized spacial score (nSPS) is 11.8. The number of aryl methyl sites for hydroxylation is 2. The highest BCUT2D eigenvalue weighted by Gasteiger charge is 2.26. The highest BCUT2D eigenvalue weighted by molar-refractivity contribution is 6.34. The molecule has 156 valence electrons. The molecule has 0 saturated heterocycles. The number of ether oxygens (including phenoxy) is 1. The van der Waals surface area contributed by atoms with E-state index in [0.29, 0.717) is 22.9 Å². The molecule has 30 heavy (non-hydrogen) atoms. The van der Waals surface area contributed by atoms with E-state index < -0.39 is 18.0 Å². The Bertz CT molecular complexity index is 1080. The van der Waals surface area contributed by atoms with E-state index in [2.05, 4.69) is 10.4 Å². The van der Waals surface area contributed by atoms with Crippen molar-refractivity contribution in [3.05, 3.63) is 81.1 Å². The Morgan fingerprint density at radius 1 is 1.10 bits per heavy atom. The topological polar surface area (TPSA) is 73.2 Å². The van der Waals surface area contributed by atoms with Crippen LogP contribution in [-0.4, -0.2) is 27.8 Å². The average molecular weight is 446 g/mol. The van der Waals surface area contributed by atoms with E-state index in [9.17, 15) is 9.59 Å². The lowest BCUT2D eigenvalue weighted by Gasteiger charge is -2.14. The summed E-state index contributed by atoms with van der Waals surface area (Å²) in [5, 5.41) is 7.54. The van der Waals surface area contributed by atoms with Crippen LogP contribution in [0.3, 0.4) is 0 Å². The number of aromatic nitrogens is 2. The first-order valence-corrected chi connectivity index (χ1v) is 10.1. The van der Waals surface area contributed by atoms with Crippen molar-refractivity contribution in [2.75, 3.05) is 5.32 Å². The first-order chi connectivity index (χ1) is 14.3. The number of hydrogen-bond acceptors (Lipinski definition) is 4. The molecule has 2 aromatic carbocycles. The summed E-state index contributed by atoms with van der Waals surface area (Å²) < 4.78 is 6.85. The van der Waals surface area contributed by atoms with Crippen LogP contribution in [-0.2, 0) is 16.1 Å². The number of nitrogens with one attached hydrogen (secondary N) is 1. The lowest BCUT2D eigenvalue weighted by molar-refractivity contribution is -0.123. The van der Waals surface area contributed by atoms with E-state index in [-0.39, 0.29) is 10.7 Å². The summed E-state index contributed by atoms with van der Waals surface area (Å²) in [4.78, 5) is 25.0. The number of halogens is 2. The molecule has 3 aromatic rings. The quantitative estimate of drug-likeness (QED) is 0.539. The largest absolute Gasteiger partial charge is 0.449 e. The molecule has 1 unspecified atom stereocenters. The fourth-order valence-electron chi connectivity index (χ4n) is 2.83. The first kappa shape index (κ1) is 21.9. The molecular weight excluding hydrogens is 425 g/mol. The van der Waals surface area contributed by atoms with Gasteiger partial charge in [-0.1, -0.05) is 65.2 Å². The molecule has 0 radical (unpaired) electrons. The lowest BCUT2D eigenvalue weighted by Crippen LogP contribution is -2.30. The Morgan fingerprint density at radius 2 is 1.77 bits per heavy atom. The predicted molar refractivity (Wildman–Crippen MR) is 117 cm³/mol. The van der Waals surface area contributed by atoms with Gasteiger partial charge in [-0.2, -0.15) is 5.10 Å². The molecule has 0 bridgehead atoms. The molecule has 1 aromatic heterocycles. The second-order valence-electron chi connectivity index (χ2n) is 6.91. The highest BCUT2D eigenvalue weighted by Crippen LogP contribution is 2.24. The fraction of sp³-hybridized carbons (Fsp3) is 0.227. The Morgan fingerprint density at radius 3 is 2.43 bits per heavy atom. The van der Waals surface area contributed by atoms with Crippen LogP contribution in [0.1, 0.15) is 34.1 Å². The minimum absolute atomic E-state index is 0.140. The van der Waals surface area contributed by atoms with E-state index in [4.69, 9.17) is 27.9 Å². The van der Waals surface area contributed by atoms with Gasteiger partial charge in [-0.25, -0.2) is 9.48 Å². The smallest absolute Gasteiger partial charge is 0.343 e. The number of carbonyl (C=O) groups excluding carboxylic acids is 2. The maximum atomic E-state index is 12.7. The molecule has 0 aliphatic heterocycles. The maximum absolute atomic E-state index is 12.7. The third-order valence-corrected chi connectivity index (χ3v) is 5.22. The van der Waals surface area contributed by atoms with Gasteiger partial charge in [0.15, 0.2) is 6.10 Å². The molecule has 1 amide bonds. The average Bonchev–Trinajstić information content (AvgIpc) is 2.98. The van der Waals surface area contributed by atoms with E-state index in [1.807, 2.05) is 31.2 Å². The molecule has 0 aliphatic rings. The number of benzene rings is 2. The molecule has 1 atom stereocenters. The Labute approximate surface area is 184 Å². The van der Waals surface area contributed by atoms with Crippen LogP contribution in [0.15, 0.2) is 48.5 Å². The van der Waals surface area contributed by atoms with Gasteiger partial charge in [0.05, 0.1) is 22.9 Å². The van der Waals surface area contributed by atoms with Crippen molar-refractivity contribution in [1.29, 1.82) is 0 Å². The molecule has 3 rings (SSSR count). The molecule has 1 heterocycles. The van der Waals surface area contributed by atoms with Gasteiger partial charge in [-0.15, -0.1) is 0 Å². The molecule has 1 N–H and O–H groups in total. The Hall–Kier alpha value is -2.83. The second kappa shape index (κ2) is 9.32. The van der Waals surface area contributed by atoms with Crippen molar-refractivity contribution in [3.8, 4) is 0 Å². The summed E-state index contributed by atoms with van der Waals surface area (Å²) in [6, 6.07) is 14.7. The standard InChI is InChI=1S/C22H21Cl2N3O3/c1-13-8-10-16(11-9-13)12-27-20(24)19(14(2)26-27)22(29)30-15(3)21(28)25-18-7-5-4-6-17(18)23/h4-11,15H,12H2,1-3H3,(H,25,28). The predicted octanol–water partition coefficient (Wildman–Crippen LogP) is 5.04. The summed E-state index contributed by atoms with van der Waals surface area (Å²) in [7, 11) is 0. The summed E-state index contributed by atoms with van der Waals surface area (Å²) in [6.45, 7) is 5.56. The first-order valence-electron chi connectivity index (χ1n) is 9.31. The van der Waals surface area contributed by atoms with Gasteiger partial charge in [0.25, 0.3) is 5.91 Å². The SMILES string of the molecule is Cc1ccc(Cn2nc(C)c(C(=O)OC(C)C(=O)Nc3ccccc3Cl)c2Cl)cc1. The van der Waals surface area contributed by atoms with Crippen LogP contribution in [0.2, 0.25) is 10.2 Å². The third kappa shape index (κ3) is 5.01. The number of para-hydroxylation sites is 1. The zero-order chi connectivity index (χ0) is 21.8. The molecule has 0 aliphatic carbocycles. The van der Waals surface area contributed by atoms with Gasteiger partial charge in [-0.3, -0.25) is 4.79 Å². The molecule has 6 nitrogen and oxygen atoms in total. The molecule has 8 heteroatoms. The number of hydrogen-bond donors (Lipinski definition) is 1. The van der Waals surface area contributed by atoms with E-state index >= 15 is 0 Å². The van der Waals surface area contributed by atoms with Crippen molar-refractivity contribution in [2.24, 2.45) is 0 Å². The summed E-state index contributed by atoms with van der Waals surface area (Å²) in [6.07, 6.45) is -1.05. The summed E-state index contributed by atoms with van der Waals surface area (Å²) in [5.41, 5.74) is 3.15. The number of rotatable bonds is 6. The van der Waals surface area contributed by atoms with Crippen LogP contribution in [0, 0.1) is 13.8 Å². The number of esters is 1. The lowest BCUT2D eigenvalue weighted by atomic mass is 10.1. The summed E-state index contributed by atoms with van der Waals surface area (Å²) >= 11 is 12.4. The van der Waals surface area contributed by atoms with Gasteiger partial charge in [0.1, 0.15) is 10.7 Å².